The topological polar surface area (TPSA) is 72.7 Å². The van der Waals surface area contributed by atoms with Gasteiger partial charge in [-0.1, -0.05) is 23.9 Å². The second-order valence-electron chi connectivity index (χ2n) is 6.94. The predicted molar refractivity (Wildman–Crippen MR) is 113 cm³/mol. The highest BCUT2D eigenvalue weighted by Gasteiger charge is 2.26. The Hall–Kier alpha value is -2.55. The summed E-state index contributed by atoms with van der Waals surface area (Å²) >= 11 is 1.51. The minimum Gasteiger partial charge on any atom is -0.497 e. The quantitative estimate of drug-likeness (QED) is 0.590. The molecule has 1 fully saturated rings. The van der Waals surface area contributed by atoms with Crippen LogP contribution in [-0.2, 0) is 4.74 Å². The minimum absolute atomic E-state index is 0.0786. The number of rotatable bonds is 7. The summed E-state index contributed by atoms with van der Waals surface area (Å²) in [7, 11) is 5.70. The number of anilines is 1. The number of hydrogen-bond donors (Lipinski definition) is 1. The zero-order valence-corrected chi connectivity index (χ0v) is 17.5. The van der Waals surface area contributed by atoms with Crippen molar-refractivity contribution < 1.29 is 13.9 Å². The van der Waals surface area contributed by atoms with Crippen LogP contribution in [0.4, 0.5) is 5.69 Å². The van der Waals surface area contributed by atoms with Gasteiger partial charge in [0.2, 0.25) is 5.89 Å². The molecule has 1 aromatic heterocycles. The van der Waals surface area contributed by atoms with Crippen molar-refractivity contribution in [2.45, 2.75) is 17.6 Å². The van der Waals surface area contributed by atoms with E-state index in [0.29, 0.717) is 11.1 Å². The molecule has 0 spiro atoms. The monoisotopic (exact) mass is 412 g/mol. The maximum atomic E-state index is 6.14. The van der Waals surface area contributed by atoms with E-state index in [-0.39, 0.29) is 12.3 Å². The molecule has 2 aromatic carbocycles. The van der Waals surface area contributed by atoms with Crippen LogP contribution in [0.2, 0.25) is 0 Å². The Bertz CT molecular complexity index is 928. The molecule has 152 valence electrons. The van der Waals surface area contributed by atoms with Crippen LogP contribution in [-0.4, -0.2) is 49.8 Å². The highest BCUT2D eigenvalue weighted by Crippen LogP contribution is 2.28. The summed E-state index contributed by atoms with van der Waals surface area (Å²) in [6.07, 6.45) is -0.00998. The summed E-state index contributed by atoms with van der Waals surface area (Å²) in [6, 6.07) is 15.9. The Balaban J connectivity index is 1.30. The largest absolute Gasteiger partial charge is 0.497 e. The molecule has 29 heavy (non-hydrogen) atoms. The minimum atomic E-state index is -0.0886. The summed E-state index contributed by atoms with van der Waals surface area (Å²) in [5.41, 5.74) is 3.16. The lowest BCUT2D eigenvalue weighted by molar-refractivity contribution is 0.0534. The molecular weight excluding hydrogens is 388 g/mol. The average molecular weight is 413 g/mol. The van der Waals surface area contributed by atoms with Gasteiger partial charge >= 0.3 is 0 Å². The molecule has 0 radical (unpaired) electrons. The van der Waals surface area contributed by atoms with E-state index in [1.165, 1.54) is 17.4 Å². The van der Waals surface area contributed by atoms with Crippen LogP contribution in [0.3, 0.4) is 0 Å². The molecule has 7 nitrogen and oxygen atoms in total. The van der Waals surface area contributed by atoms with E-state index in [1.54, 1.807) is 7.11 Å². The molecule has 1 saturated heterocycles. The summed E-state index contributed by atoms with van der Waals surface area (Å²) < 4.78 is 17.1. The van der Waals surface area contributed by atoms with Gasteiger partial charge in [-0.05, 0) is 42.0 Å². The summed E-state index contributed by atoms with van der Waals surface area (Å²) in [6.45, 7) is 0.784. The maximum Gasteiger partial charge on any atom is 0.276 e. The molecule has 2 heterocycles. The fourth-order valence-corrected chi connectivity index (χ4v) is 3.81. The van der Waals surface area contributed by atoms with E-state index < -0.39 is 0 Å². The van der Waals surface area contributed by atoms with Crippen LogP contribution in [0.1, 0.15) is 11.8 Å². The van der Waals surface area contributed by atoms with Gasteiger partial charge in [0.25, 0.3) is 5.22 Å². The average Bonchev–Trinajstić information content (AvgIpc) is 3.42. The molecule has 0 bridgehead atoms. The lowest BCUT2D eigenvalue weighted by atomic mass is 10.2. The van der Waals surface area contributed by atoms with Crippen molar-refractivity contribution in [3.05, 3.63) is 54.1 Å². The van der Waals surface area contributed by atoms with Gasteiger partial charge < -0.3 is 18.8 Å². The van der Waals surface area contributed by atoms with Gasteiger partial charge in [0.15, 0.2) is 0 Å². The van der Waals surface area contributed by atoms with Crippen LogP contribution < -0.4 is 15.0 Å². The van der Waals surface area contributed by atoms with Crippen LogP contribution >= 0.6 is 11.8 Å². The molecule has 3 aromatic rings. The van der Waals surface area contributed by atoms with Crippen molar-refractivity contribution in [3.8, 4) is 17.2 Å². The lowest BCUT2D eigenvalue weighted by Gasteiger charge is -2.16. The maximum absolute atomic E-state index is 6.14. The predicted octanol–water partition coefficient (Wildman–Crippen LogP) is 3.59. The summed E-state index contributed by atoms with van der Waals surface area (Å²) in [5, 5.41) is 12.2. The first kappa shape index (κ1) is 19.8. The molecule has 1 N–H and O–H groups in total. The third kappa shape index (κ3) is 4.72. The Morgan fingerprint density at radius 2 is 1.86 bits per heavy atom. The van der Waals surface area contributed by atoms with Gasteiger partial charge in [-0.2, -0.15) is 0 Å². The van der Waals surface area contributed by atoms with Crippen molar-refractivity contribution in [3.63, 3.8) is 0 Å². The number of thioether (sulfide) groups is 1. The van der Waals surface area contributed by atoms with Crippen LogP contribution in [0.15, 0.2) is 58.2 Å². The van der Waals surface area contributed by atoms with E-state index in [4.69, 9.17) is 13.9 Å². The number of methoxy groups -OCH3 is 1. The van der Waals surface area contributed by atoms with E-state index in [9.17, 15) is 0 Å². The zero-order chi connectivity index (χ0) is 20.2. The Labute approximate surface area is 174 Å². The molecular formula is C21H24N4O3S. The number of hydrogen-bond acceptors (Lipinski definition) is 8. The summed E-state index contributed by atoms with van der Waals surface area (Å²) in [5.74, 6) is 2.03. The van der Waals surface area contributed by atoms with Crippen LogP contribution in [0, 0.1) is 0 Å². The molecule has 2 atom stereocenters. The normalized spacial score (nSPS) is 18.7. The smallest absolute Gasteiger partial charge is 0.276 e. The van der Waals surface area contributed by atoms with Gasteiger partial charge in [-0.3, -0.25) is 5.32 Å². The molecule has 8 heteroatoms. The highest BCUT2D eigenvalue weighted by molar-refractivity contribution is 7.99. The van der Waals surface area contributed by atoms with Gasteiger partial charge in [0.1, 0.15) is 12.0 Å². The van der Waals surface area contributed by atoms with E-state index in [2.05, 4.69) is 44.7 Å². The van der Waals surface area contributed by atoms with Crippen molar-refractivity contribution in [2.24, 2.45) is 0 Å². The first-order valence-corrected chi connectivity index (χ1v) is 10.4. The number of aromatic nitrogens is 2. The second-order valence-corrected chi connectivity index (χ2v) is 7.92. The Morgan fingerprint density at radius 3 is 2.55 bits per heavy atom. The molecule has 0 amide bonds. The van der Waals surface area contributed by atoms with Gasteiger partial charge in [-0.15, -0.1) is 10.2 Å². The SMILES string of the molecule is COc1ccc(-c2nnc(SC[C@@H]3CN[C@H](c4ccc(N(C)C)cc4)O3)o2)cc1. The molecule has 0 aliphatic carbocycles. The standard InChI is InChI=1S/C21H24N4O3S/c1-25(2)16-8-4-14(5-9-16)19-22-12-18(27-19)13-29-21-24-23-20(28-21)15-6-10-17(26-3)11-7-15/h4-11,18-19,22H,12-13H2,1-3H3/t18-,19-/m0/s1. The van der Waals surface area contributed by atoms with E-state index in [1.807, 2.05) is 38.4 Å². The van der Waals surface area contributed by atoms with Crippen molar-refractivity contribution in [1.82, 2.24) is 15.5 Å². The molecule has 0 saturated carbocycles. The van der Waals surface area contributed by atoms with Crippen molar-refractivity contribution >= 4 is 17.4 Å². The van der Waals surface area contributed by atoms with Crippen LogP contribution in [0.5, 0.6) is 5.75 Å². The fourth-order valence-electron chi connectivity index (χ4n) is 3.05. The molecule has 4 rings (SSSR count). The first-order valence-electron chi connectivity index (χ1n) is 9.39. The number of benzene rings is 2. The third-order valence-corrected chi connectivity index (χ3v) is 5.66. The molecule has 1 aliphatic rings. The van der Waals surface area contributed by atoms with Gasteiger partial charge in [0, 0.05) is 37.6 Å². The Kier molecular flexibility index (Phi) is 6.03. The van der Waals surface area contributed by atoms with Crippen molar-refractivity contribution in [1.29, 1.82) is 0 Å². The first-order chi connectivity index (χ1) is 14.1. The second kappa shape index (κ2) is 8.86. The lowest BCUT2D eigenvalue weighted by Crippen LogP contribution is -2.16. The molecule has 0 unspecified atom stereocenters. The van der Waals surface area contributed by atoms with Gasteiger partial charge in [0.05, 0.1) is 13.2 Å². The number of nitrogens with one attached hydrogen (secondary N) is 1. The number of nitrogens with zero attached hydrogens (tertiary/aromatic N) is 3. The van der Waals surface area contributed by atoms with E-state index in [0.717, 1.165) is 29.2 Å². The molecule has 1 aliphatic heterocycles. The van der Waals surface area contributed by atoms with Crippen molar-refractivity contribution in [2.75, 3.05) is 38.4 Å². The number of ether oxygens (including phenoxy) is 2. The summed E-state index contributed by atoms with van der Waals surface area (Å²) in [4.78, 5) is 2.08. The fraction of sp³-hybridized carbons (Fsp3) is 0.333. The zero-order valence-electron chi connectivity index (χ0n) is 16.7. The highest BCUT2D eigenvalue weighted by atomic mass is 32.2. The Morgan fingerprint density at radius 1 is 1.10 bits per heavy atom. The van der Waals surface area contributed by atoms with Crippen LogP contribution in [0.25, 0.3) is 11.5 Å². The van der Waals surface area contributed by atoms with Gasteiger partial charge in [-0.25, -0.2) is 0 Å². The van der Waals surface area contributed by atoms with E-state index >= 15 is 0 Å². The third-order valence-electron chi connectivity index (χ3n) is 4.71.